The fourth-order valence-corrected chi connectivity index (χ4v) is 7.38. The molecule has 2 aliphatic heterocycles. The molecule has 0 aliphatic carbocycles. The van der Waals surface area contributed by atoms with Gasteiger partial charge < -0.3 is 9.34 Å². The average molecular weight is 469 g/mol. The Morgan fingerprint density at radius 1 is 0.724 bits per heavy atom. The van der Waals surface area contributed by atoms with E-state index in [2.05, 4.69) is 0 Å². The van der Waals surface area contributed by atoms with E-state index in [0.29, 0.717) is 30.6 Å². The lowest BCUT2D eigenvalue weighted by atomic mass is 10.1. The Hall–Kier alpha value is -1.58. The highest BCUT2D eigenvalue weighted by molar-refractivity contribution is 7.84. The molecular formula is C19H20Cl2N4O2P2. The molecule has 0 fully saturated rings. The van der Waals surface area contributed by atoms with E-state index in [1.807, 2.05) is 72.0 Å². The van der Waals surface area contributed by atoms with Gasteiger partial charge in [0.2, 0.25) is 0 Å². The summed E-state index contributed by atoms with van der Waals surface area (Å²) in [6.07, 6.45) is 0.598. The van der Waals surface area contributed by atoms with Gasteiger partial charge >= 0.3 is 0 Å². The second-order valence-corrected chi connectivity index (χ2v) is 11.7. The molecule has 2 heterocycles. The van der Waals surface area contributed by atoms with E-state index < -0.39 is 15.2 Å². The third kappa shape index (κ3) is 3.57. The molecule has 0 bridgehead atoms. The van der Waals surface area contributed by atoms with Crippen molar-refractivity contribution in [1.82, 2.24) is 9.34 Å². The van der Waals surface area contributed by atoms with E-state index in [-0.39, 0.29) is 11.8 Å². The van der Waals surface area contributed by atoms with Crippen molar-refractivity contribution in [2.75, 3.05) is 36.5 Å². The molecule has 29 heavy (non-hydrogen) atoms. The monoisotopic (exact) mass is 468 g/mol. The smallest absolute Gasteiger partial charge is 0.261 e. The summed E-state index contributed by atoms with van der Waals surface area (Å²) in [5.41, 5.74) is 3.00. The van der Waals surface area contributed by atoms with E-state index in [4.69, 9.17) is 22.5 Å². The number of benzene rings is 2. The minimum absolute atomic E-state index is 0.0691. The molecule has 0 N–H and O–H groups in total. The molecule has 4 rings (SSSR count). The first-order chi connectivity index (χ1) is 13.9. The molecule has 2 aliphatic rings. The molecule has 2 amide bonds. The minimum Gasteiger partial charge on any atom is -0.324 e. The Labute approximate surface area is 182 Å². The average Bonchev–Trinajstić information content (AvgIpc) is 2.75. The first kappa shape index (κ1) is 20.7. The van der Waals surface area contributed by atoms with Crippen molar-refractivity contribution in [2.24, 2.45) is 0 Å². The van der Waals surface area contributed by atoms with Crippen LogP contribution in [0.4, 0.5) is 11.4 Å². The highest BCUT2D eigenvalue weighted by atomic mass is 35.7. The summed E-state index contributed by atoms with van der Waals surface area (Å²) in [4.78, 5) is 25.8. The van der Waals surface area contributed by atoms with Crippen LogP contribution in [0.5, 0.6) is 0 Å². The van der Waals surface area contributed by atoms with Gasteiger partial charge in [0.05, 0.1) is 22.5 Å². The van der Waals surface area contributed by atoms with E-state index in [1.165, 1.54) is 0 Å². The Bertz CT molecular complexity index is 888. The maximum atomic E-state index is 12.9. The zero-order valence-electron chi connectivity index (χ0n) is 16.0. The number of hydrogen-bond acceptors (Lipinski definition) is 4. The van der Waals surface area contributed by atoms with Crippen LogP contribution < -0.4 is 9.34 Å². The first-order valence-electron chi connectivity index (χ1n) is 9.12. The van der Waals surface area contributed by atoms with Crippen molar-refractivity contribution in [1.29, 1.82) is 0 Å². The van der Waals surface area contributed by atoms with Crippen LogP contribution in [-0.2, 0) is 0 Å². The number of fused-ring (bicyclic) bond motifs is 2. The van der Waals surface area contributed by atoms with E-state index >= 15 is 0 Å². The normalized spacial score (nSPS) is 21.4. The van der Waals surface area contributed by atoms with Crippen LogP contribution in [0, 0.1) is 0 Å². The second kappa shape index (κ2) is 8.28. The van der Waals surface area contributed by atoms with Crippen molar-refractivity contribution in [3.63, 3.8) is 0 Å². The summed E-state index contributed by atoms with van der Waals surface area (Å²) in [6.45, 7) is 0.920. The molecule has 0 aromatic heterocycles. The van der Waals surface area contributed by atoms with Crippen molar-refractivity contribution in [2.45, 2.75) is 6.42 Å². The summed E-state index contributed by atoms with van der Waals surface area (Å²) < 4.78 is 7.28. The van der Waals surface area contributed by atoms with Crippen LogP contribution >= 0.6 is 37.6 Å². The Morgan fingerprint density at radius 2 is 1.10 bits per heavy atom. The summed E-state index contributed by atoms with van der Waals surface area (Å²) in [5.74, 6) is -0.138. The van der Waals surface area contributed by atoms with Crippen molar-refractivity contribution >= 4 is 60.8 Å². The zero-order valence-corrected chi connectivity index (χ0v) is 19.3. The first-order valence-corrected chi connectivity index (χ1v) is 13.4. The number of carbonyl (C=O) groups excluding carboxylic acids is 2. The number of amides is 2. The Balaban J connectivity index is 1.47. The van der Waals surface area contributed by atoms with Crippen molar-refractivity contribution in [3.8, 4) is 0 Å². The fourth-order valence-electron chi connectivity index (χ4n) is 3.54. The van der Waals surface area contributed by atoms with Gasteiger partial charge in [-0.1, -0.05) is 24.3 Å². The molecule has 0 saturated carbocycles. The maximum absolute atomic E-state index is 12.9. The van der Waals surface area contributed by atoms with Crippen molar-refractivity contribution < 1.29 is 9.59 Å². The predicted octanol–water partition coefficient (Wildman–Crippen LogP) is 5.49. The Kier molecular flexibility index (Phi) is 5.90. The van der Waals surface area contributed by atoms with Crippen LogP contribution in [0.25, 0.3) is 0 Å². The van der Waals surface area contributed by atoms with Crippen molar-refractivity contribution in [3.05, 3.63) is 59.7 Å². The number of carbonyl (C=O) groups is 2. The predicted molar refractivity (Wildman–Crippen MR) is 122 cm³/mol. The van der Waals surface area contributed by atoms with E-state index in [1.54, 1.807) is 9.34 Å². The molecule has 2 atom stereocenters. The van der Waals surface area contributed by atoms with Crippen LogP contribution in [0.3, 0.4) is 0 Å². The quantitative estimate of drug-likeness (QED) is 0.556. The molecule has 152 valence electrons. The van der Waals surface area contributed by atoms with Gasteiger partial charge in [-0.2, -0.15) is 0 Å². The fraction of sp³-hybridized carbons (Fsp3) is 0.263. The third-order valence-corrected chi connectivity index (χ3v) is 10.5. The minimum atomic E-state index is -1.30. The number of halogens is 2. The molecule has 2 aromatic carbocycles. The van der Waals surface area contributed by atoms with Gasteiger partial charge in [-0.15, -0.1) is 0 Å². The molecule has 2 aromatic rings. The lowest BCUT2D eigenvalue weighted by Gasteiger charge is -2.41. The number of para-hydroxylation sites is 2. The SMILES string of the molecule is CN1c2ccccc2C(=O)N(CCCN2C(=O)c3ccccc3N(C)P2Cl)P1Cl. The number of anilines is 2. The summed E-state index contributed by atoms with van der Waals surface area (Å²) in [5, 5.41) is 0. The molecule has 6 nitrogen and oxygen atoms in total. The van der Waals surface area contributed by atoms with Crippen LogP contribution in [-0.4, -0.2) is 48.3 Å². The van der Waals surface area contributed by atoms with Gasteiger partial charge in [-0.25, -0.2) is 0 Å². The lowest BCUT2D eigenvalue weighted by molar-refractivity contribution is 0.0849. The van der Waals surface area contributed by atoms with E-state index in [9.17, 15) is 9.59 Å². The summed E-state index contributed by atoms with van der Waals surface area (Å²) >= 11 is 13.2. The largest absolute Gasteiger partial charge is 0.324 e. The topological polar surface area (TPSA) is 47.1 Å². The molecular weight excluding hydrogens is 449 g/mol. The van der Waals surface area contributed by atoms with Crippen LogP contribution in [0.1, 0.15) is 27.1 Å². The zero-order chi connectivity index (χ0) is 20.7. The van der Waals surface area contributed by atoms with Gasteiger partial charge in [-0.05, 0) is 53.2 Å². The molecule has 0 radical (unpaired) electrons. The maximum Gasteiger partial charge on any atom is 0.261 e. The Morgan fingerprint density at radius 3 is 1.52 bits per heavy atom. The number of hydrogen-bond donors (Lipinski definition) is 0. The second-order valence-electron chi connectivity index (χ2n) is 6.77. The molecule has 0 spiro atoms. The number of nitrogens with zero attached hydrogens (tertiary/aromatic N) is 4. The van der Waals surface area contributed by atoms with Gasteiger partial charge in [-0.3, -0.25) is 18.9 Å². The summed E-state index contributed by atoms with van der Waals surface area (Å²) in [7, 11) is 1.20. The van der Waals surface area contributed by atoms with Gasteiger partial charge in [0.1, 0.15) is 0 Å². The molecule has 2 unspecified atom stereocenters. The van der Waals surface area contributed by atoms with E-state index in [0.717, 1.165) is 11.4 Å². The van der Waals surface area contributed by atoms with Gasteiger partial charge in [0, 0.05) is 27.2 Å². The standard InChI is InChI=1S/C19H20Cl2N4O2P2/c1-22-16-10-5-3-8-14(16)18(26)24(28(22)20)12-7-13-25-19(27)15-9-4-6-11-17(15)23(2)29(25)21/h3-6,8-11H,7,12-13H2,1-2H3. The van der Waals surface area contributed by atoms with Gasteiger partial charge in [0.25, 0.3) is 11.8 Å². The van der Waals surface area contributed by atoms with Crippen LogP contribution in [0.15, 0.2) is 48.5 Å². The number of rotatable bonds is 4. The third-order valence-electron chi connectivity index (χ3n) is 5.07. The summed E-state index contributed by atoms with van der Waals surface area (Å²) in [6, 6.07) is 15.0. The molecule has 10 heteroatoms. The van der Waals surface area contributed by atoms with Crippen LogP contribution in [0.2, 0.25) is 0 Å². The highest BCUT2D eigenvalue weighted by Crippen LogP contribution is 2.57. The van der Waals surface area contributed by atoms with Gasteiger partial charge in [0.15, 0.2) is 15.2 Å². The lowest BCUT2D eigenvalue weighted by Crippen LogP contribution is -2.39. The molecule has 0 saturated heterocycles. The highest BCUT2D eigenvalue weighted by Gasteiger charge is 2.37.